The van der Waals surface area contributed by atoms with Gasteiger partial charge in [-0.1, -0.05) is 44.2 Å². The molecule has 0 aromatic heterocycles. The van der Waals surface area contributed by atoms with Gasteiger partial charge in [0.15, 0.2) is 6.04 Å². The largest absolute Gasteiger partial charge is 0.480 e. The predicted molar refractivity (Wildman–Crippen MR) is 108 cm³/mol. The first-order valence-electron chi connectivity index (χ1n) is 9.53. The first-order chi connectivity index (χ1) is 13.4. The topological polar surface area (TPSA) is 105 Å². The third-order valence-electron chi connectivity index (χ3n) is 4.09. The van der Waals surface area contributed by atoms with Crippen LogP contribution in [0.1, 0.15) is 40.2 Å². The number of carboxylic acids is 1. The summed E-state index contributed by atoms with van der Waals surface area (Å²) < 4.78 is 10.7. The quantitative estimate of drug-likeness (QED) is 0.651. The fraction of sp³-hybridized carbons (Fsp3) is 0.571. The van der Waals surface area contributed by atoms with E-state index in [-0.39, 0.29) is 19.1 Å². The summed E-state index contributed by atoms with van der Waals surface area (Å²) in [7, 11) is 1.39. The van der Waals surface area contributed by atoms with E-state index in [2.05, 4.69) is 5.32 Å². The molecule has 0 spiro atoms. The second kappa shape index (κ2) is 10.8. The Hall–Kier alpha value is -2.61. The number of carbonyl (C=O) groups is 3. The molecule has 0 radical (unpaired) electrons. The second-order valence-electron chi connectivity index (χ2n) is 8.17. The van der Waals surface area contributed by atoms with Crippen molar-refractivity contribution in [2.24, 2.45) is 5.92 Å². The summed E-state index contributed by atoms with van der Waals surface area (Å²) in [5.74, 6) is -1.98. The molecule has 0 aliphatic heterocycles. The lowest BCUT2D eigenvalue weighted by Crippen LogP contribution is -2.55. The standard InChI is InChI=1S/C21H32N2O6/c1-14(2)17(22-20(27)29-21(3,4)5)18(24)23(6)16(19(25)26)13-28-12-15-10-8-7-9-11-15/h7-11,14,16-17H,12-13H2,1-6H3,(H,22,27)(H,25,26). The summed E-state index contributed by atoms with van der Waals surface area (Å²) in [4.78, 5) is 37.8. The van der Waals surface area contributed by atoms with Crippen LogP contribution >= 0.6 is 0 Å². The molecule has 0 aliphatic carbocycles. The molecule has 2 unspecified atom stereocenters. The highest BCUT2D eigenvalue weighted by atomic mass is 16.6. The van der Waals surface area contributed by atoms with Gasteiger partial charge in [-0.15, -0.1) is 0 Å². The molecule has 8 nitrogen and oxygen atoms in total. The van der Waals surface area contributed by atoms with E-state index >= 15 is 0 Å². The minimum atomic E-state index is -1.19. The number of hydrogen-bond donors (Lipinski definition) is 2. The molecule has 8 heteroatoms. The van der Waals surface area contributed by atoms with Crippen LogP contribution in [0.15, 0.2) is 30.3 Å². The molecule has 0 bridgehead atoms. The maximum absolute atomic E-state index is 12.9. The number of rotatable bonds is 9. The zero-order chi connectivity index (χ0) is 22.2. The lowest BCUT2D eigenvalue weighted by Gasteiger charge is -2.31. The van der Waals surface area contributed by atoms with E-state index in [0.29, 0.717) is 0 Å². The van der Waals surface area contributed by atoms with Gasteiger partial charge in [0.25, 0.3) is 0 Å². The van der Waals surface area contributed by atoms with Crippen molar-refractivity contribution in [1.82, 2.24) is 10.2 Å². The van der Waals surface area contributed by atoms with E-state index in [1.54, 1.807) is 34.6 Å². The average molecular weight is 408 g/mol. The zero-order valence-corrected chi connectivity index (χ0v) is 18.0. The van der Waals surface area contributed by atoms with E-state index in [9.17, 15) is 19.5 Å². The Morgan fingerprint density at radius 1 is 1.14 bits per heavy atom. The van der Waals surface area contributed by atoms with Crippen LogP contribution in [0.2, 0.25) is 0 Å². The van der Waals surface area contributed by atoms with E-state index in [1.807, 2.05) is 30.3 Å². The highest BCUT2D eigenvalue weighted by Gasteiger charge is 2.34. The number of carbonyl (C=O) groups excluding carboxylic acids is 2. The smallest absolute Gasteiger partial charge is 0.408 e. The molecule has 2 atom stereocenters. The number of alkyl carbamates (subject to hydrolysis) is 1. The van der Waals surface area contributed by atoms with Crippen LogP contribution in [-0.2, 0) is 25.7 Å². The van der Waals surface area contributed by atoms with Crippen molar-refractivity contribution in [1.29, 1.82) is 0 Å². The number of carboxylic acid groups (broad SMARTS) is 1. The molecule has 2 amide bonds. The highest BCUT2D eigenvalue weighted by Crippen LogP contribution is 2.12. The van der Waals surface area contributed by atoms with Crippen LogP contribution in [-0.4, -0.2) is 59.3 Å². The monoisotopic (exact) mass is 408 g/mol. The fourth-order valence-corrected chi connectivity index (χ4v) is 2.53. The molecule has 0 fully saturated rings. The lowest BCUT2D eigenvalue weighted by molar-refractivity contribution is -0.153. The van der Waals surface area contributed by atoms with Crippen LogP contribution in [0.25, 0.3) is 0 Å². The molecule has 162 valence electrons. The minimum absolute atomic E-state index is 0.177. The molecule has 29 heavy (non-hydrogen) atoms. The molecule has 1 rings (SSSR count). The van der Waals surface area contributed by atoms with Gasteiger partial charge in [-0.2, -0.15) is 0 Å². The maximum Gasteiger partial charge on any atom is 0.408 e. The first-order valence-corrected chi connectivity index (χ1v) is 9.53. The van der Waals surface area contributed by atoms with E-state index in [0.717, 1.165) is 10.5 Å². The van der Waals surface area contributed by atoms with Gasteiger partial charge in [-0.05, 0) is 32.3 Å². The van der Waals surface area contributed by atoms with Crippen LogP contribution in [0.3, 0.4) is 0 Å². The first kappa shape index (κ1) is 24.4. The van der Waals surface area contributed by atoms with Crippen molar-refractivity contribution in [3.63, 3.8) is 0 Å². The van der Waals surface area contributed by atoms with Gasteiger partial charge in [0, 0.05) is 7.05 Å². The van der Waals surface area contributed by atoms with Crippen molar-refractivity contribution < 1.29 is 29.0 Å². The Balaban J connectivity index is 2.78. The molecule has 0 saturated heterocycles. The number of aliphatic carboxylic acids is 1. The van der Waals surface area contributed by atoms with Gasteiger partial charge >= 0.3 is 12.1 Å². The lowest BCUT2D eigenvalue weighted by atomic mass is 10.0. The molecular weight excluding hydrogens is 376 g/mol. The van der Waals surface area contributed by atoms with Crippen LogP contribution in [0.4, 0.5) is 4.79 Å². The third kappa shape index (κ3) is 8.51. The molecular formula is C21H32N2O6. The molecule has 2 N–H and O–H groups in total. The van der Waals surface area contributed by atoms with Gasteiger partial charge in [-0.25, -0.2) is 9.59 Å². The fourth-order valence-electron chi connectivity index (χ4n) is 2.53. The van der Waals surface area contributed by atoms with Gasteiger partial charge in [0.2, 0.25) is 5.91 Å². The molecule has 0 saturated carbocycles. The Labute approximate surface area is 172 Å². The Morgan fingerprint density at radius 2 is 1.72 bits per heavy atom. The number of likely N-dealkylation sites (N-methyl/N-ethyl adjacent to an activating group) is 1. The number of hydrogen-bond acceptors (Lipinski definition) is 5. The summed E-state index contributed by atoms with van der Waals surface area (Å²) in [6.07, 6.45) is -0.731. The van der Waals surface area contributed by atoms with E-state index < -0.39 is 35.7 Å². The second-order valence-corrected chi connectivity index (χ2v) is 8.17. The van der Waals surface area contributed by atoms with Gasteiger partial charge in [-0.3, -0.25) is 4.79 Å². The van der Waals surface area contributed by atoms with Gasteiger partial charge < -0.3 is 24.8 Å². The summed E-state index contributed by atoms with van der Waals surface area (Å²) >= 11 is 0. The zero-order valence-electron chi connectivity index (χ0n) is 18.0. The number of amides is 2. The van der Waals surface area contributed by atoms with Crippen LogP contribution < -0.4 is 5.32 Å². The summed E-state index contributed by atoms with van der Waals surface area (Å²) in [6.45, 7) is 8.73. The Bertz CT molecular complexity index is 684. The van der Waals surface area contributed by atoms with E-state index in [4.69, 9.17) is 9.47 Å². The van der Waals surface area contributed by atoms with E-state index in [1.165, 1.54) is 7.05 Å². The minimum Gasteiger partial charge on any atom is -0.480 e. The number of benzene rings is 1. The SMILES string of the molecule is CC(C)C(NC(=O)OC(C)(C)C)C(=O)N(C)C(COCc1ccccc1)C(=O)O. The summed E-state index contributed by atoms with van der Waals surface area (Å²) in [5.41, 5.74) is 0.187. The predicted octanol–water partition coefficient (Wildman–Crippen LogP) is 2.66. The number of nitrogens with zero attached hydrogens (tertiary/aromatic N) is 1. The normalized spacial score (nSPS) is 13.5. The molecule has 1 aromatic rings. The van der Waals surface area contributed by atoms with Gasteiger partial charge in [0.1, 0.15) is 11.6 Å². The highest BCUT2D eigenvalue weighted by molar-refractivity contribution is 5.89. The maximum atomic E-state index is 12.9. The molecule has 0 aliphatic rings. The third-order valence-corrected chi connectivity index (χ3v) is 4.09. The molecule has 1 aromatic carbocycles. The number of nitrogens with one attached hydrogen (secondary N) is 1. The average Bonchev–Trinajstić information content (AvgIpc) is 2.61. The van der Waals surface area contributed by atoms with Crippen molar-refractivity contribution in [2.75, 3.05) is 13.7 Å². The Morgan fingerprint density at radius 3 is 2.21 bits per heavy atom. The van der Waals surface area contributed by atoms with Crippen molar-refractivity contribution in [2.45, 2.75) is 58.9 Å². The van der Waals surface area contributed by atoms with Crippen LogP contribution in [0, 0.1) is 5.92 Å². The number of ether oxygens (including phenoxy) is 2. The Kier molecular flexibility index (Phi) is 9.10. The van der Waals surface area contributed by atoms with Crippen molar-refractivity contribution in [3.05, 3.63) is 35.9 Å². The van der Waals surface area contributed by atoms with Crippen molar-refractivity contribution in [3.8, 4) is 0 Å². The summed E-state index contributed by atoms with van der Waals surface area (Å²) in [6, 6.07) is 7.21. The van der Waals surface area contributed by atoms with Gasteiger partial charge in [0.05, 0.1) is 13.2 Å². The molecule has 0 heterocycles. The summed E-state index contributed by atoms with van der Waals surface area (Å²) in [5, 5.41) is 12.1. The van der Waals surface area contributed by atoms with Crippen LogP contribution in [0.5, 0.6) is 0 Å². The van der Waals surface area contributed by atoms with Crippen molar-refractivity contribution >= 4 is 18.0 Å².